The van der Waals surface area contributed by atoms with Crippen molar-refractivity contribution in [1.82, 2.24) is 0 Å². The summed E-state index contributed by atoms with van der Waals surface area (Å²) in [5.74, 6) is -3.89. The number of aliphatic hydroxyl groups is 6. The zero-order chi connectivity index (χ0) is 42.9. The molecule has 2 aliphatic heterocycles. The van der Waals surface area contributed by atoms with Gasteiger partial charge in [0.05, 0.1) is 17.6 Å². The van der Waals surface area contributed by atoms with E-state index in [9.17, 15) is 60.3 Å². The van der Waals surface area contributed by atoms with Gasteiger partial charge in [-0.15, -0.1) is 0 Å². The molecule has 16 heteroatoms. The standard InChI is InChI=1S/C42H62O16/c1-37(2)20-10-13-42(7)21(39(20,4)12-11-22(37)55-34-28(47)24(43)26(45)30(57-34)32(49)50)9-8-18-19-16-40(5,36(53)54)23(17-38(19,3)14-15-41(18,42)6)56-35-29(48)25(44)27(46)31(58-35)33(51)52/h8-9,20-31,34-35,43-48H,10-17H2,1-7H3,(H,49,50)(H,51,52)(H,53,54). The molecule has 5 aliphatic carbocycles. The maximum absolute atomic E-state index is 13.2. The molecule has 0 aromatic carbocycles. The number of carboxylic acids is 3. The Kier molecular flexibility index (Phi) is 10.7. The molecular weight excluding hydrogens is 760 g/mol. The third-order valence-corrected chi connectivity index (χ3v) is 17.0. The lowest BCUT2D eigenvalue weighted by atomic mass is 9.35. The lowest BCUT2D eigenvalue weighted by Crippen LogP contribution is -2.65. The van der Waals surface area contributed by atoms with E-state index in [0.717, 1.165) is 36.8 Å². The van der Waals surface area contributed by atoms with Gasteiger partial charge in [-0.2, -0.15) is 0 Å². The van der Waals surface area contributed by atoms with Gasteiger partial charge < -0.3 is 64.9 Å². The van der Waals surface area contributed by atoms with Gasteiger partial charge in [-0.25, -0.2) is 9.59 Å². The molecule has 0 radical (unpaired) electrons. The molecule has 2 heterocycles. The Morgan fingerprint density at radius 2 is 1.21 bits per heavy atom. The molecule has 0 spiro atoms. The van der Waals surface area contributed by atoms with Crippen LogP contribution in [0, 0.1) is 44.3 Å². The molecule has 19 atom stereocenters. The summed E-state index contributed by atoms with van der Waals surface area (Å²) in [6, 6.07) is 0. The molecular formula is C42H62O16. The van der Waals surface area contributed by atoms with Crippen molar-refractivity contribution in [2.24, 2.45) is 44.3 Å². The van der Waals surface area contributed by atoms with Crippen molar-refractivity contribution < 1.29 is 79.3 Å². The first-order valence-electron chi connectivity index (χ1n) is 20.6. The Labute approximate surface area is 337 Å². The van der Waals surface area contributed by atoms with Crippen LogP contribution in [0.3, 0.4) is 0 Å². The van der Waals surface area contributed by atoms with E-state index in [1.54, 1.807) is 6.92 Å². The van der Waals surface area contributed by atoms with Crippen LogP contribution < -0.4 is 0 Å². The molecule has 7 rings (SSSR count). The molecule has 326 valence electrons. The first-order chi connectivity index (χ1) is 26.8. The highest BCUT2D eigenvalue weighted by Gasteiger charge is 2.68. The van der Waals surface area contributed by atoms with Crippen molar-refractivity contribution in [1.29, 1.82) is 0 Å². The molecule has 0 aromatic heterocycles. The highest BCUT2D eigenvalue weighted by molar-refractivity contribution is 5.76. The first kappa shape index (κ1) is 43.6. The summed E-state index contributed by atoms with van der Waals surface area (Å²) in [4.78, 5) is 36.8. The summed E-state index contributed by atoms with van der Waals surface area (Å²) >= 11 is 0. The number of carbonyl (C=O) groups is 3. The predicted molar refractivity (Wildman–Crippen MR) is 200 cm³/mol. The van der Waals surface area contributed by atoms with Crippen LogP contribution in [0.5, 0.6) is 0 Å². The van der Waals surface area contributed by atoms with Crippen molar-refractivity contribution in [2.45, 2.75) is 173 Å². The van der Waals surface area contributed by atoms with Crippen LogP contribution in [-0.2, 0) is 33.3 Å². The second-order valence-corrected chi connectivity index (χ2v) is 20.3. The summed E-state index contributed by atoms with van der Waals surface area (Å²) in [6.07, 6.45) is -9.63. The van der Waals surface area contributed by atoms with Gasteiger partial charge in [0.1, 0.15) is 36.6 Å². The van der Waals surface area contributed by atoms with Gasteiger partial charge in [0.15, 0.2) is 24.8 Å². The number of ether oxygens (including phenoxy) is 4. The first-order valence-corrected chi connectivity index (χ1v) is 20.6. The van der Waals surface area contributed by atoms with E-state index in [0.29, 0.717) is 12.8 Å². The molecule has 2 saturated heterocycles. The second kappa shape index (κ2) is 14.3. The van der Waals surface area contributed by atoms with Gasteiger partial charge in [0.25, 0.3) is 0 Å². The van der Waals surface area contributed by atoms with Crippen LogP contribution in [0.1, 0.15) is 99.8 Å². The number of rotatable bonds is 7. The van der Waals surface area contributed by atoms with Gasteiger partial charge in [-0.3, -0.25) is 4.79 Å². The van der Waals surface area contributed by atoms with E-state index in [4.69, 9.17) is 18.9 Å². The molecule has 0 amide bonds. The molecule has 0 aromatic rings. The Morgan fingerprint density at radius 1 is 0.672 bits per heavy atom. The smallest absolute Gasteiger partial charge is 0.335 e. The molecule has 7 aliphatic rings. The third-order valence-electron chi connectivity index (χ3n) is 17.0. The molecule has 16 nitrogen and oxygen atoms in total. The van der Waals surface area contributed by atoms with Crippen LogP contribution in [0.25, 0.3) is 0 Å². The van der Waals surface area contributed by atoms with E-state index in [2.05, 4.69) is 53.7 Å². The molecule has 5 fully saturated rings. The molecule has 19 unspecified atom stereocenters. The minimum atomic E-state index is -1.91. The summed E-state index contributed by atoms with van der Waals surface area (Å²) in [5.41, 5.74) is -1.10. The Hall–Kier alpha value is -2.51. The number of aliphatic carboxylic acids is 3. The SMILES string of the molecule is CC12CCC3(C)C(=C1CC(C)(C(=O)O)C(OC1OC(C(=O)O)C(O)C(O)C1O)C2)C=CC1C2(C)CCC(OC4OC(C(=O)O)C(O)C(O)C4O)C(C)(C)C2CCC13C. The van der Waals surface area contributed by atoms with E-state index in [-0.39, 0.29) is 40.9 Å². The van der Waals surface area contributed by atoms with Gasteiger partial charge >= 0.3 is 17.9 Å². The number of allylic oxidation sites excluding steroid dienone is 4. The average Bonchev–Trinajstić information content (AvgIpc) is 3.13. The average molecular weight is 823 g/mol. The van der Waals surface area contributed by atoms with E-state index < -0.39 is 108 Å². The van der Waals surface area contributed by atoms with Crippen LogP contribution in [-0.4, -0.2) is 137 Å². The van der Waals surface area contributed by atoms with Crippen molar-refractivity contribution in [3.63, 3.8) is 0 Å². The van der Waals surface area contributed by atoms with E-state index in [1.165, 1.54) is 0 Å². The van der Waals surface area contributed by atoms with Gasteiger partial charge in [-0.1, -0.05) is 59.3 Å². The summed E-state index contributed by atoms with van der Waals surface area (Å²) < 4.78 is 23.5. The fourth-order valence-electron chi connectivity index (χ4n) is 13.0. The fraction of sp³-hybridized carbons (Fsp3) is 0.833. The fourth-order valence-corrected chi connectivity index (χ4v) is 13.0. The van der Waals surface area contributed by atoms with E-state index >= 15 is 0 Å². The maximum atomic E-state index is 13.2. The number of carboxylic acid groups (broad SMARTS) is 3. The minimum Gasteiger partial charge on any atom is -0.481 e. The van der Waals surface area contributed by atoms with E-state index in [1.807, 2.05) is 0 Å². The highest BCUT2D eigenvalue weighted by atomic mass is 16.7. The van der Waals surface area contributed by atoms with Crippen molar-refractivity contribution in [2.75, 3.05) is 0 Å². The zero-order valence-corrected chi connectivity index (χ0v) is 34.3. The van der Waals surface area contributed by atoms with Crippen LogP contribution in [0.2, 0.25) is 0 Å². The Morgan fingerprint density at radius 3 is 1.72 bits per heavy atom. The number of hydrogen-bond donors (Lipinski definition) is 9. The summed E-state index contributed by atoms with van der Waals surface area (Å²) in [7, 11) is 0. The largest absolute Gasteiger partial charge is 0.481 e. The normalized spacial score (nSPS) is 52.4. The number of aliphatic hydroxyl groups excluding tert-OH is 6. The monoisotopic (exact) mass is 822 g/mol. The predicted octanol–water partition coefficient (Wildman–Crippen LogP) is 1.96. The topological polar surface area (TPSA) is 270 Å². The molecule has 58 heavy (non-hydrogen) atoms. The second-order valence-electron chi connectivity index (χ2n) is 20.3. The number of hydrogen-bond acceptors (Lipinski definition) is 13. The summed E-state index contributed by atoms with van der Waals surface area (Å²) in [5, 5.41) is 92.9. The Balaban J connectivity index is 1.17. The summed E-state index contributed by atoms with van der Waals surface area (Å²) in [6.45, 7) is 14.9. The van der Waals surface area contributed by atoms with Gasteiger partial charge in [-0.05, 0) is 103 Å². The lowest BCUT2D eigenvalue weighted by molar-refractivity contribution is -0.323. The quantitative estimate of drug-likeness (QED) is 0.166. The third kappa shape index (κ3) is 6.17. The van der Waals surface area contributed by atoms with Crippen molar-refractivity contribution >= 4 is 17.9 Å². The Bertz CT molecular complexity index is 1750. The van der Waals surface area contributed by atoms with Crippen LogP contribution in [0.15, 0.2) is 23.3 Å². The highest BCUT2D eigenvalue weighted by Crippen LogP contribution is 2.74. The number of fused-ring (bicyclic) bond motifs is 6. The molecule has 3 saturated carbocycles. The van der Waals surface area contributed by atoms with Crippen LogP contribution >= 0.6 is 0 Å². The van der Waals surface area contributed by atoms with Crippen LogP contribution in [0.4, 0.5) is 0 Å². The molecule has 9 N–H and O–H groups in total. The minimum absolute atomic E-state index is 0.127. The molecule has 0 bridgehead atoms. The lowest BCUT2D eigenvalue weighted by Gasteiger charge is -2.69. The van der Waals surface area contributed by atoms with Gasteiger partial charge in [0, 0.05) is 0 Å². The van der Waals surface area contributed by atoms with Crippen molar-refractivity contribution in [3.05, 3.63) is 23.3 Å². The van der Waals surface area contributed by atoms with Gasteiger partial charge in [0.2, 0.25) is 0 Å². The maximum Gasteiger partial charge on any atom is 0.335 e. The zero-order valence-electron chi connectivity index (χ0n) is 34.3. The van der Waals surface area contributed by atoms with Crippen molar-refractivity contribution in [3.8, 4) is 0 Å².